The van der Waals surface area contributed by atoms with Gasteiger partial charge in [-0.1, -0.05) is 0 Å². The number of nitrogens with zero attached hydrogens (tertiary/aromatic N) is 4. The molecule has 4 aliphatic heterocycles. The summed E-state index contributed by atoms with van der Waals surface area (Å²) in [6.07, 6.45) is 7.94. The van der Waals surface area contributed by atoms with Gasteiger partial charge in [0.15, 0.2) is 0 Å². The van der Waals surface area contributed by atoms with Crippen LogP contribution in [0.15, 0.2) is 18.2 Å². The molecule has 4 fully saturated rings. The van der Waals surface area contributed by atoms with Gasteiger partial charge in [0.25, 0.3) is 0 Å². The first-order valence-corrected chi connectivity index (χ1v) is 14.9. The molecule has 4 saturated heterocycles. The Kier molecular flexibility index (Phi) is 9.32. The summed E-state index contributed by atoms with van der Waals surface area (Å²) in [5.41, 5.74) is 2.73. The van der Waals surface area contributed by atoms with Crippen molar-refractivity contribution >= 4 is 23.8 Å². The van der Waals surface area contributed by atoms with Gasteiger partial charge in [0.1, 0.15) is 6.29 Å². The van der Waals surface area contributed by atoms with Crippen molar-refractivity contribution in [2.45, 2.75) is 69.6 Å². The van der Waals surface area contributed by atoms with E-state index >= 15 is 0 Å². The summed E-state index contributed by atoms with van der Waals surface area (Å²) < 4.78 is 0. The SMILES string of the molecule is CN1CC[C@@H](NC2CCN(CC3CCN(c4ccc(C=O)c(CN(C)C5CCC(=O)NC5=O)c4)CC3)CC2)C1. The maximum Gasteiger partial charge on any atom is 0.243 e. The molecule has 2 amide bonds. The topological polar surface area (TPSA) is 88.2 Å². The summed E-state index contributed by atoms with van der Waals surface area (Å²) in [6, 6.07) is 7.08. The van der Waals surface area contributed by atoms with Gasteiger partial charge in [0.2, 0.25) is 11.8 Å². The minimum Gasteiger partial charge on any atom is -0.372 e. The number of hydrogen-bond acceptors (Lipinski definition) is 8. The lowest BCUT2D eigenvalue weighted by molar-refractivity contribution is -0.137. The summed E-state index contributed by atoms with van der Waals surface area (Å²) >= 11 is 0. The average molecular weight is 539 g/mol. The van der Waals surface area contributed by atoms with Crippen LogP contribution in [0, 0.1) is 5.92 Å². The normalized spacial score (nSPS) is 26.4. The van der Waals surface area contributed by atoms with E-state index in [1.165, 1.54) is 64.8 Å². The Morgan fingerprint density at radius 3 is 2.41 bits per heavy atom. The second kappa shape index (κ2) is 12.9. The number of rotatable bonds is 9. The second-order valence-electron chi connectivity index (χ2n) is 12.3. The highest BCUT2D eigenvalue weighted by Crippen LogP contribution is 2.28. The summed E-state index contributed by atoms with van der Waals surface area (Å²) in [7, 11) is 4.11. The van der Waals surface area contributed by atoms with Crippen molar-refractivity contribution in [1.29, 1.82) is 0 Å². The quantitative estimate of drug-likeness (QED) is 0.363. The molecule has 9 heteroatoms. The first-order valence-electron chi connectivity index (χ1n) is 14.9. The van der Waals surface area contributed by atoms with E-state index in [1.54, 1.807) is 0 Å². The molecule has 0 aliphatic carbocycles. The van der Waals surface area contributed by atoms with Gasteiger partial charge < -0.3 is 20.0 Å². The van der Waals surface area contributed by atoms with E-state index in [2.05, 4.69) is 44.5 Å². The number of piperidine rings is 3. The highest BCUT2D eigenvalue weighted by Gasteiger charge is 2.31. The molecular formula is C30H46N6O3. The van der Waals surface area contributed by atoms with Gasteiger partial charge in [-0.05, 0) is 102 Å². The molecule has 0 radical (unpaired) electrons. The van der Waals surface area contributed by atoms with Crippen LogP contribution in [0.2, 0.25) is 0 Å². The Morgan fingerprint density at radius 1 is 1.00 bits per heavy atom. The molecule has 5 rings (SSSR count). The van der Waals surface area contributed by atoms with Crippen LogP contribution in [0.4, 0.5) is 5.69 Å². The number of amides is 2. The van der Waals surface area contributed by atoms with Crippen molar-refractivity contribution in [3.63, 3.8) is 0 Å². The van der Waals surface area contributed by atoms with Gasteiger partial charge in [-0.3, -0.25) is 24.6 Å². The van der Waals surface area contributed by atoms with Crippen molar-refractivity contribution in [2.24, 2.45) is 5.92 Å². The minimum atomic E-state index is -0.355. The number of aldehydes is 1. The first kappa shape index (κ1) is 28.2. The van der Waals surface area contributed by atoms with E-state index in [1.807, 2.05) is 18.0 Å². The van der Waals surface area contributed by atoms with Crippen molar-refractivity contribution < 1.29 is 14.4 Å². The van der Waals surface area contributed by atoms with E-state index in [4.69, 9.17) is 0 Å². The molecule has 0 saturated carbocycles. The predicted molar refractivity (Wildman–Crippen MR) is 153 cm³/mol. The number of hydrogen-bond donors (Lipinski definition) is 2. The zero-order valence-corrected chi connectivity index (χ0v) is 23.7. The molecule has 0 bridgehead atoms. The van der Waals surface area contributed by atoms with Crippen molar-refractivity contribution in [1.82, 2.24) is 25.3 Å². The Morgan fingerprint density at radius 2 is 1.74 bits per heavy atom. The smallest absolute Gasteiger partial charge is 0.243 e. The number of likely N-dealkylation sites (N-methyl/N-ethyl adjacent to an activating group) is 2. The first-order chi connectivity index (χ1) is 18.9. The van der Waals surface area contributed by atoms with Crippen LogP contribution in [0.1, 0.15) is 60.9 Å². The standard InChI is InChI=1S/C30H46N6O3/c1-33-12-9-26(20-33)31-25-10-13-35(14-11-25)18-22-7-15-36(16-8-22)27-4-3-23(21-37)24(17-27)19-34(2)28-5-6-29(38)32-30(28)39/h3-4,17,21-22,25-26,28,31H,5-16,18-20H2,1-2H3,(H,32,38,39)/t26-,28?/m1/s1. The third-order valence-electron chi connectivity index (χ3n) is 9.36. The molecule has 1 aromatic carbocycles. The Hall–Kier alpha value is -2.33. The molecule has 2 N–H and O–H groups in total. The molecular weight excluding hydrogens is 492 g/mol. The lowest BCUT2D eigenvalue weighted by Gasteiger charge is -2.39. The highest BCUT2D eigenvalue weighted by molar-refractivity contribution is 6.00. The highest BCUT2D eigenvalue weighted by atomic mass is 16.2. The van der Waals surface area contributed by atoms with Crippen molar-refractivity contribution in [3.05, 3.63) is 29.3 Å². The van der Waals surface area contributed by atoms with Crippen LogP contribution in [-0.4, -0.2) is 111 Å². The van der Waals surface area contributed by atoms with Crippen LogP contribution in [-0.2, 0) is 16.1 Å². The minimum absolute atomic E-state index is 0.211. The fourth-order valence-electron chi connectivity index (χ4n) is 6.95. The van der Waals surface area contributed by atoms with Crippen LogP contribution < -0.4 is 15.5 Å². The molecule has 4 aliphatic rings. The van der Waals surface area contributed by atoms with Crippen LogP contribution in [0.3, 0.4) is 0 Å². The maximum absolute atomic E-state index is 12.3. The summed E-state index contributed by atoms with van der Waals surface area (Å²) in [4.78, 5) is 45.1. The van der Waals surface area contributed by atoms with Gasteiger partial charge >= 0.3 is 0 Å². The Balaban J connectivity index is 1.09. The van der Waals surface area contributed by atoms with Crippen molar-refractivity contribution in [3.8, 4) is 0 Å². The molecule has 4 heterocycles. The number of anilines is 1. The molecule has 0 aromatic heterocycles. The monoisotopic (exact) mass is 538 g/mol. The summed E-state index contributed by atoms with van der Waals surface area (Å²) in [5, 5.41) is 6.34. The average Bonchev–Trinajstić information content (AvgIpc) is 3.34. The summed E-state index contributed by atoms with van der Waals surface area (Å²) in [5.74, 6) is 0.279. The van der Waals surface area contributed by atoms with E-state index < -0.39 is 0 Å². The number of benzene rings is 1. The lowest BCUT2D eigenvalue weighted by Crippen LogP contribution is -2.51. The van der Waals surface area contributed by atoms with Gasteiger partial charge in [-0.25, -0.2) is 0 Å². The Bertz CT molecular complexity index is 1020. The zero-order valence-electron chi connectivity index (χ0n) is 23.7. The summed E-state index contributed by atoms with van der Waals surface area (Å²) in [6.45, 7) is 8.58. The molecule has 214 valence electrons. The Labute approximate surface area is 233 Å². The third-order valence-corrected chi connectivity index (χ3v) is 9.36. The lowest BCUT2D eigenvalue weighted by atomic mass is 9.94. The van der Waals surface area contributed by atoms with Crippen LogP contribution in [0.5, 0.6) is 0 Å². The number of carbonyl (C=O) groups excluding carboxylic acids is 3. The number of carbonyl (C=O) groups is 3. The number of imide groups is 1. The van der Waals surface area contributed by atoms with Crippen molar-refractivity contribution in [2.75, 3.05) is 64.8 Å². The van der Waals surface area contributed by atoms with Gasteiger partial charge in [-0.2, -0.15) is 0 Å². The number of likely N-dealkylation sites (tertiary alicyclic amines) is 2. The largest absolute Gasteiger partial charge is 0.372 e. The third kappa shape index (κ3) is 7.25. The van der Waals surface area contributed by atoms with Crippen LogP contribution in [0.25, 0.3) is 0 Å². The molecule has 2 atom stereocenters. The fourth-order valence-corrected chi connectivity index (χ4v) is 6.95. The van der Waals surface area contributed by atoms with E-state index in [9.17, 15) is 14.4 Å². The second-order valence-corrected chi connectivity index (χ2v) is 12.3. The maximum atomic E-state index is 12.3. The number of nitrogens with one attached hydrogen (secondary N) is 2. The molecule has 0 spiro atoms. The van der Waals surface area contributed by atoms with E-state index in [-0.39, 0.29) is 17.9 Å². The van der Waals surface area contributed by atoms with Crippen LogP contribution >= 0.6 is 0 Å². The molecule has 1 unspecified atom stereocenters. The van der Waals surface area contributed by atoms with Gasteiger partial charge in [-0.15, -0.1) is 0 Å². The molecule has 1 aromatic rings. The predicted octanol–water partition coefficient (Wildman–Crippen LogP) is 1.71. The van der Waals surface area contributed by atoms with Gasteiger partial charge in [0, 0.05) is 62.5 Å². The molecule has 9 nitrogen and oxygen atoms in total. The zero-order chi connectivity index (χ0) is 27.4. The van der Waals surface area contributed by atoms with Gasteiger partial charge in [0.05, 0.1) is 6.04 Å². The van der Waals surface area contributed by atoms with E-state index in [0.717, 1.165) is 36.5 Å². The fraction of sp³-hybridized carbons (Fsp3) is 0.700. The molecule has 39 heavy (non-hydrogen) atoms. The van der Waals surface area contributed by atoms with E-state index in [0.29, 0.717) is 37.0 Å².